The smallest absolute Gasteiger partial charge is 0.152 e. The van der Waals surface area contributed by atoms with Crippen LogP contribution in [0, 0.1) is 22.2 Å². The Hall–Kier alpha value is -1.14. The van der Waals surface area contributed by atoms with E-state index in [9.17, 15) is 10.1 Å². The van der Waals surface area contributed by atoms with Gasteiger partial charge >= 0.3 is 0 Å². The molecule has 90 valence electrons. The Labute approximate surface area is 101 Å². The largest absolute Gasteiger partial charge is 0.367 e. The minimum atomic E-state index is -0.448. The van der Waals surface area contributed by atoms with Crippen molar-refractivity contribution in [3.63, 3.8) is 0 Å². The zero-order valence-electron chi connectivity index (χ0n) is 10.5. The Morgan fingerprint density at radius 1 is 1.47 bits per heavy atom. The maximum atomic E-state index is 11.4. The van der Waals surface area contributed by atoms with E-state index in [-0.39, 0.29) is 22.9 Å². The van der Waals surface area contributed by atoms with E-state index < -0.39 is 5.41 Å². The second-order valence-corrected chi connectivity index (χ2v) is 6.54. The van der Waals surface area contributed by atoms with E-state index in [0.717, 1.165) is 24.8 Å². The molecule has 2 aliphatic carbocycles. The van der Waals surface area contributed by atoms with E-state index in [4.69, 9.17) is 4.74 Å². The van der Waals surface area contributed by atoms with Gasteiger partial charge < -0.3 is 4.74 Å². The fourth-order valence-electron chi connectivity index (χ4n) is 4.54. The third-order valence-electron chi connectivity index (χ3n) is 4.60. The first kappa shape index (κ1) is 11.0. The van der Waals surface area contributed by atoms with Gasteiger partial charge in [0, 0.05) is 5.41 Å². The number of carbonyl (C=O) groups is 1. The van der Waals surface area contributed by atoms with Crippen molar-refractivity contribution in [2.75, 3.05) is 0 Å². The van der Waals surface area contributed by atoms with Crippen LogP contribution in [0.4, 0.5) is 0 Å². The van der Waals surface area contributed by atoms with Crippen molar-refractivity contribution in [2.24, 2.45) is 10.8 Å². The molecule has 17 heavy (non-hydrogen) atoms. The first-order valence-electron chi connectivity index (χ1n) is 6.14. The Morgan fingerprint density at radius 3 is 2.76 bits per heavy atom. The lowest BCUT2D eigenvalue weighted by molar-refractivity contribution is -0.113. The Morgan fingerprint density at radius 2 is 2.18 bits per heavy atom. The van der Waals surface area contributed by atoms with Crippen LogP contribution in [-0.2, 0) is 9.53 Å². The summed E-state index contributed by atoms with van der Waals surface area (Å²) in [5.41, 5.74) is 0.368. The predicted molar refractivity (Wildman–Crippen MR) is 62.0 cm³/mol. The molecule has 2 saturated heterocycles. The molecule has 3 heteroatoms. The molecule has 2 aliphatic heterocycles. The lowest BCUT2D eigenvalue weighted by Gasteiger charge is -2.41. The summed E-state index contributed by atoms with van der Waals surface area (Å²) < 4.78 is 6.11. The van der Waals surface area contributed by atoms with Gasteiger partial charge in [-0.15, -0.1) is 0 Å². The van der Waals surface area contributed by atoms with Gasteiger partial charge in [-0.1, -0.05) is 6.92 Å². The van der Waals surface area contributed by atoms with Gasteiger partial charge in [-0.05, 0) is 44.8 Å². The molecule has 0 aromatic rings. The Balaban J connectivity index is 2.16. The molecule has 4 unspecified atom stereocenters. The highest BCUT2D eigenvalue weighted by Crippen LogP contribution is 2.70. The van der Waals surface area contributed by atoms with Crippen molar-refractivity contribution in [1.29, 1.82) is 5.26 Å². The van der Waals surface area contributed by atoms with Gasteiger partial charge in [0.15, 0.2) is 5.78 Å². The zero-order chi connectivity index (χ0) is 12.5. The summed E-state index contributed by atoms with van der Waals surface area (Å²) in [5, 5.41) is 9.56. The van der Waals surface area contributed by atoms with Crippen LogP contribution >= 0.6 is 0 Å². The summed E-state index contributed by atoms with van der Waals surface area (Å²) in [6, 6.07) is 2.47. The fourth-order valence-corrected chi connectivity index (χ4v) is 4.54. The average molecular weight is 231 g/mol. The second kappa shape index (κ2) is 2.81. The Bertz CT molecular complexity index is 485. The minimum absolute atomic E-state index is 0.0166. The van der Waals surface area contributed by atoms with Crippen LogP contribution in [0.1, 0.15) is 40.0 Å². The van der Waals surface area contributed by atoms with Gasteiger partial charge in [0.1, 0.15) is 0 Å². The highest BCUT2D eigenvalue weighted by molar-refractivity contribution is 5.88. The predicted octanol–water partition coefficient (Wildman–Crippen LogP) is 2.37. The summed E-state index contributed by atoms with van der Waals surface area (Å²) >= 11 is 0. The molecule has 3 nitrogen and oxygen atoms in total. The maximum Gasteiger partial charge on any atom is 0.152 e. The topological polar surface area (TPSA) is 50.1 Å². The van der Waals surface area contributed by atoms with E-state index in [0.29, 0.717) is 0 Å². The molecule has 2 saturated carbocycles. The van der Waals surface area contributed by atoms with E-state index in [2.05, 4.69) is 19.9 Å². The molecule has 0 N–H and O–H groups in total. The van der Waals surface area contributed by atoms with Crippen molar-refractivity contribution in [2.45, 2.75) is 51.7 Å². The number of carbonyl (C=O) groups excluding carboxylic acids is 1. The zero-order valence-corrected chi connectivity index (χ0v) is 10.5. The lowest BCUT2D eigenvalue weighted by Crippen LogP contribution is -2.41. The second-order valence-electron chi connectivity index (χ2n) is 6.54. The van der Waals surface area contributed by atoms with E-state index >= 15 is 0 Å². The van der Waals surface area contributed by atoms with Crippen molar-refractivity contribution in [3.05, 3.63) is 11.6 Å². The summed E-state index contributed by atoms with van der Waals surface area (Å²) in [4.78, 5) is 11.4. The van der Waals surface area contributed by atoms with E-state index in [1.165, 1.54) is 0 Å². The van der Waals surface area contributed by atoms with Crippen LogP contribution in [0.15, 0.2) is 11.6 Å². The van der Waals surface area contributed by atoms with Crippen LogP contribution in [0.3, 0.4) is 0 Å². The number of hydrogen-bond acceptors (Lipinski definition) is 3. The number of nitrogens with zero attached hydrogens (tertiary/aromatic N) is 1. The first-order valence-corrected chi connectivity index (χ1v) is 6.14. The third-order valence-corrected chi connectivity index (χ3v) is 4.60. The van der Waals surface area contributed by atoms with E-state index in [1.807, 2.05) is 0 Å². The van der Waals surface area contributed by atoms with Crippen LogP contribution in [0.25, 0.3) is 0 Å². The molecule has 4 rings (SSSR count). The van der Waals surface area contributed by atoms with Crippen LogP contribution < -0.4 is 0 Å². The van der Waals surface area contributed by atoms with Crippen molar-refractivity contribution < 1.29 is 9.53 Å². The molecule has 2 heterocycles. The van der Waals surface area contributed by atoms with Crippen molar-refractivity contribution >= 4 is 5.78 Å². The minimum Gasteiger partial charge on any atom is -0.367 e. The number of rotatable bonds is 1. The van der Waals surface area contributed by atoms with Crippen LogP contribution in [0.2, 0.25) is 0 Å². The van der Waals surface area contributed by atoms with Crippen LogP contribution in [-0.4, -0.2) is 17.5 Å². The standard InChI is InChI=1S/C14H17NO2/c1-9(16)4-10-11-12(2)5-13(3,17-11)7-14(10,6-12)8-15/h4,11H,5-7H2,1-3H3/b10-4+. The average Bonchev–Trinajstić information content (AvgIpc) is 2.47. The van der Waals surface area contributed by atoms with Gasteiger partial charge in [-0.25, -0.2) is 0 Å². The number of allylic oxidation sites excluding steroid dienone is 1. The highest BCUT2D eigenvalue weighted by atomic mass is 16.5. The fraction of sp³-hybridized carbons (Fsp3) is 0.714. The van der Waals surface area contributed by atoms with Gasteiger partial charge in [0.25, 0.3) is 0 Å². The molecule has 0 aromatic heterocycles. The number of nitriles is 1. The monoisotopic (exact) mass is 231 g/mol. The van der Waals surface area contributed by atoms with Gasteiger partial charge in [-0.2, -0.15) is 5.26 Å². The molecule has 0 spiro atoms. The summed E-state index contributed by atoms with van der Waals surface area (Å²) in [6.45, 7) is 5.83. The van der Waals surface area contributed by atoms with Gasteiger partial charge in [-0.3, -0.25) is 4.79 Å². The maximum absolute atomic E-state index is 11.4. The van der Waals surface area contributed by atoms with Gasteiger partial charge in [0.2, 0.25) is 0 Å². The molecule has 4 atom stereocenters. The molecule has 0 aromatic carbocycles. The molecular formula is C14H17NO2. The van der Waals surface area contributed by atoms with Crippen LogP contribution in [0.5, 0.6) is 0 Å². The quantitative estimate of drug-likeness (QED) is 0.651. The number of ketones is 1. The van der Waals surface area contributed by atoms with Crippen molar-refractivity contribution in [3.8, 4) is 6.07 Å². The van der Waals surface area contributed by atoms with Crippen molar-refractivity contribution in [1.82, 2.24) is 0 Å². The Kier molecular flexibility index (Phi) is 1.82. The third kappa shape index (κ3) is 1.22. The molecular weight excluding hydrogens is 214 g/mol. The van der Waals surface area contributed by atoms with Gasteiger partial charge in [0.05, 0.1) is 23.2 Å². The summed E-state index contributed by atoms with van der Waals surface area (Å²) in [5.74, 6) is 0.0166. The SMILES string of the molecule is CC(=O)/C=C1\C2OC3(C)CC1(C#N)CC2(C)C3. The number of ether oxygens (including phenoxy) is 1. The molecule has 4 bridgehead atoms. The lowest BCUT2D eigenvalue weighted by atomic mass is 9.65. The molecule has 0 radical (unpaired) electrons. The number of hydrogen-bond donors (Lipinski definition) is 0. The summed E-state index contributed by atoms with van der Waals surface area (Å²) in [7, 11) is 0. The molecule has 4 fully saturated rings. The summed E-state index contributed by atoms with van der Waals surface area (Å²) in [6.07, 6.45) is 4.20. The molecule has 4 aliphatic rings. The van der Waals surface area contributed by atoms with E-state index in [1.54, 1.807) is 13.0 Å². The normalized spacial score (nSPS) is 53.1. The highest BCUT2D eigenvalue weighted by Gasteiger charge is 2.70. The molecule has 0 amide bonds. The first-order chi connectivity index (χ1) is 7.83.